The number of rotatable bonds is 3. The fourth-order valence-corrected chi connectivity index (χ4v) is 3.62. The minimum absolute atomic E-state index is 0.0833. The van der Waals surface area contributed by atoms with E-state index in [9.17, 15) is 22.8 Å². The number of carbonyl (C=O) groups excluding carboxylic acids is 1. The highest BCUT2D eigenvalue weighted by atomic mass is 19.4. The predicted octanol–water partition coefficient (Wildman–Crippen LogP) is 2.69. The fourth-order valence-electron chi connectivity index (χ4n) is 3.62. The van der Waals surface area contributed by atoms with Crippen molar-refractivity contribution in [1.29, 1.82) is 0 Å². The summed E-state index contributed by atoms with van der Waals surface area (Å²) >= 11 is 0. The molecule has 10 heteroatoms. The van der Waals surface area contributed by atoms with Crippen LogP contribution >= 0.6 is 0 Å². The molecule has 0 unspecified atom stereocenters. The van der Waals surface area contributed by atoms with E-state index in [1.807, 2.05) is 6.07 Å². The first-order chi connectivity index (χ1) is 13.8. The first kappa shape index (κ1) is 19.2. The van der Waals surface area contributed by atoms with Crippen LogP contribution in [0.25, 0.3) is 11.0 Å². The summed E-state index contributed by atoms with van der Waals surface area (Å²) < 4.78 is 39.1. The second-order valence-corrected chi connectivity index (χ2v) is 7.10. The molecule has 0 bridgehead atoms. The van der Waals surface area contributed by atoms with Crippen molar-refractivity contribution in [2.45, 2.75) is 25.6 Å². The molecule has 1 aliphatic rings. The molecule has 3 aromatic heterocycles. The predicted molar refractivity (Wildman–Crippen MR) is 98.2 cm³/mol. The number of nitrogens with one attached hydrogen (secondary N) is 1. The zero-order valence-electron chi connectivity index (χ0n) is 15.3. The molecule has 0 radical (unpaired) electrons. The van der Waals surface area contributed by atoms with E-state index in [2.05, 4.69) is 15.0 Å². The number of likely N-dealkylation sites (tertiary alicyclic amines) is 1. The van der Waals surface area contributed by atoms with Crippen LogP contribution in [0.2, 0.25) is 0 Å². The number of carbonyl (C=O) groups is 1. The Balaban J connectivity index is 1.40. The Morgan fingerprint density at radius 3 is 2.69 bits per heavy atom. The minimum Gasteiger partial charge on any atom is -0.345 e. The van der Waals surface area contributed by atoms with Gasteiger partial charge in [-0.25, -0.2) is 9.97 Å². The van der Waals surface area contributed by atoms with Gasteiger partial charge in [0.1, 0.15) is 5.65 Å². The second-order valence-electron chi connectivity index (χ2n) is 7.10. The molecule has 1 N–H and O–H groups in total. The van der Waals surface area contributed by atoms with E-state index < -0.39 is 17.4 Å². The van der Waals surface area contributed by atoms with E-state index in [0.717, 1.165) is 11.7 Å². The number of aromatic nitrogens is 4. The normalized spacial score (nSPS) is 15.8. The quantitative estimate of drug-likeness (QED) is 0.726. The molecule has 4 heterocycles. The van der Waals surface area contributed by atoms with E-state index in [-0.39, 0.29) is 18.4 Å². The van der Waals surface area contributed by atoms with Crippen LogP contribution in [-0.2, 0) is 12.7 Å². The lowest BCUT2D eigenvalue weighted by Gasteiger charge is -2.32. The van der Waals surface area contributed by atoms with Gasteiger partial charge in [0, 0.05) is 43.5 Å². The zero-order valence-corrected chi connectivity index (χ0v) is 15.3. The maximum atomic E-state index is 12.8. The van der Waals surface area contributed by atoms with Crippen molar-refractivity contribution >= 4 is 16.9 Å². The Kier molecular flexibility index (Phi) is 4.85. The van der Waals surface area contributed by atoms with Crippen LogP contribution in [0.15, 0.2) is 41.7 Å². The van der Waals surface area contributed by atoms with E-state index in [1.165, 1.54) is 4.57 Å². The van der Waals surface area contributed by atoms with E-state index in [4.69, 9.17) is 0 Å². The average molecular weight is 405 g/mol. The van der Waals surface area contributed by atoms with Gasteiger partial charge in [-0.15, -0.1) is 0 Å². The minimum atomic E-state index is -4.64. The highest BCUT2D eigenvalue weighted by Gasteiger charge is 2.33. The van der Waals surface area contributed by atoms with Crippen LogP contribution < -0.4 is 5.56 Å². The number of halogens is 3. The highest BCUT2D eigenvalue weighted by molar-refractivity contribution is 6.05. The summed E-state index contributed by atoms with van der Waals surface area (Å²) in [6, 6.07) is 4.13. The monoisotopic (exact) mass is 405 g/mol. The van der Waals surface area contributed by atoms with Crippen molar-refractivity contribution in [3.63, 3.8) is 0 Å². The Morgan fingerprint density at radius 1 is 1.24 bits per heavy atom. The molecule has 3 aromatic rings. The third-order valence-corrected chi connectivity index (χ3v) is 5.21. The van der Waals surface area contributed by atoms with Crippen molar-refractivity contribution in [3.05, 3.63) is 58.5 Å². The maximum Gasteiger partial charge on any atom is 0.433 e. The number of piperidine rings is 1. The zero-order chi connectivity index (χ0) is 20.6. The largest absolute Gasteiger partial charge is 0.433 e. The summed E-state index contributed by atoms with van der Waals surface area (Å²) in [4.78, 5) is 37.1. The molecule has 7 nitrogen and oxygen atoms in total. The number of hydrogen-bond acceptors (Lipinski definition) is 4. The van der Waals surface area contributed by atoms with Gasteiger partial charge in [0.05, 0.1) is 11.9 Å². The lowest BCUT2D eigenvalue weighted by Crippen LogP contribution is -2.40. The van der Waals surface area contributed by atoms with Gasteiger partial charge in [0.15, 0.2) is 5.69 Å². The average Bonchev–Trinajstić information content (AvgIpc) is 3.13. The fraction of sp³-hybridized carbons (Fsp3) is 0.368. The molecule has 0 spiro atoms. The van der Waals surface area contributed by atoms with Crippen LogP contribution in [0.5, 0.6) is 0 Å². The van der Waals surface area contributed by atoms with Gasteiger partial charge in [-0.05, 0) is 30.9 Å². The SMILES string of the molecule is O=C(c1c[nH]c2ncccc12)N1CCC(Cn2cnc(C(F)(F)F)cc2=O)CC1. The van der Waals surface area contributed by atoms with Crippen molar-refractivity contribution < 1.29 is 18.0 Å². The lowest BCUT2D eigenvalue weighted by atomic mass is 9.96. The smallest absolute Gasteiger partial charge is 0.345 e. The maximum absolute atomic E-state index is 12.8. The molecular formula is C19H18F3N5O2. The third-order valence-electron chi connectivity index (χ3n) is 5.21. The van der Waals surface area contributed by atoms with E-state index in [1.54, 1.807) is 23.4 Å². The van der Waals surface area contributed by atoms with Crippen LogP contribution in [0.3, 0.4) is 0 Å². The number of amides is 1. The molecule has 0 aliphatic carbocycles. The molecular weight excluding hydrogens is 387 g/mol. The van der Waals surface area contributed by atoms with Gasteiger partial charge in [0.25, 0.3) is 11.5 Å². The van der Waals surface area contributed by atoms with Crippen LogP contribution in [-0.4, -0.2) is 43.4 Å². The molecule has 1 saturated heterocycles. The van der Waals surface area contributed by atoms with Crippen molar-refractivity contribution in [2.75, 3.05) is 13.1 Å². The van der Waals surface area contributed by atoms with Gasteiger partial charge in [-0.3, -0.25) is 14.2 Å². The highest BCUT2D eigenvalue weighted by Crippen LogP contribution is 2.26. The molecule has 29 heavy (non-hydrogen) atoms. The summed E-state index contributed by atoms with van der Waals surface area (Å²) in [5.74, 6) is -0.00372. The number of aromatic amines is 1. The number of pyridine rings is 1. The second kappa shape index (κ2) is 7.34. The van der Waals surface area contributed by atoms with Crippen LogP contribution in [0, 0.1) is 5.92 Å². The van der Waals surface area contributed by atoms with Crippen LogP contribution in [0.4, 0.5) is 13.2 Å². The lowest BCUT2D eigenvalue weighted by molar-refractivity contribution is -0.141. The Labute approximate surface area is 163 Å². The third kappa shape index (κ3) is 3.87. The first-order valence-corrected chi connectivity index (χ1v) is 9.18. The number of nitrogens with zero attached hydrogens (tertiary/aromatic N) is 4. The molecule has 1 amide bonds. The topological polar surface area (TPSA) is 83.9 Å². The molecule has 1 fully saturated rings. The molecule has 0 saturated carbocycles. The molecule has 152 valence electrons. The Hall–Kier alpha value is -3.17. The van der Waals surface area contributed by atoms with E-state index in [0.29, 0.717) is 43.2 Å². The molecule has 0 aromatic carbocycles. The van der Waals surface area contributed by atoms with Gasteiger partial charge in [-0.2, -0.15) is 13.2 Å². The summed E-state index contributed by atoms with van der Waals surface area (Å²) in [6.07, 6.45) is 0.916. The number of hydrogen-bond donors (Lipinski definition) is 1. The van der Waals surface area contributed by atoms with Gasteiger partial charge in [-0.1, -0.05) is 0 Å². The van der Waals surface area contributed by atoms with Crippen LogP contribution in [0.1, 0.15) is 28.9 Å². The summed E-state index contributed by atoms with van der Waals surface area (Å²) in [7, 11) is 0. The van der Waals surface area contributed by atoms with Gasteiger partial charge >= 0.3 is 6.18 Å². The van der Waals surface area contributed by atoms with E-state index >= 15 is 0 Å². The Bertz CT molecular complexity index is 1100. The van der Waals surface area contributed by atoms with Crippen molar-refractivity contribution in [1.82, 2.24) is 24.4 Å². The number of H-pyrrole nitrogens is 1. The summed E-state index contributed by atoms with van der Waals surface area (Å²) in [6.45, 7) is 1.31. The molecule has 0 atom stereocenters. The van der Waals surface area contributed by atoms with Gasteiger partial charge < -0.3 is 9.88 Å². The molecule has 1 aliphatic heterocycles. The standard InChI is InChI=1S/C19H18F3N5O2/c20-19(21,22)15-8-16(28)27(11-25-15)10-12-3-6-26(7-4-12)18(29)14-9-24-17-13(14)2-1-5-23-17/h1-2,5,8-9,11-12H,3-4,6-7,10H2,(H,23,24). The number of fused-ring (bicyclic) bond motifs is 1. The van der Waals surface area contributed by atoms with Gasteiger partial charge in [0.2, 0.25) is 0 Å². The first-order valence-electron chi connectivity index (χ1n) is 9.18. The molecule has 4 rings (SSSR count). The van der Waals surface area contributed by atoms with Crippen molar-refractivity contribution in [3.8, 4) is 0 Å². The Morgan fingerprint density at radius 2 is 2.00 bits per heavy atom. The summed E-state index contributed by atoms with van der Waals surface area (Å²) in [5.41, 5.74) is -0.695. The number of alkyl halides is 3. The summed E-state index contributed by atoms with van der Waals surface area (Å²) in [5, 5.41) is 0.766. The van der Waals surface area contributed by atoms with Crippen molar-refractivity contribution in [2.24, 2.45) is 5.92 Å².